The second kappa shape index (κ2) is 7.26. The summed E-state index contributed by atoms with van der Waals surface area (Å²) in [5, 5.41) is 4.30. The smallest absolute Gasteiger partial charge is 0.246 e. The SMILES string of the molecule is COc1ccc(/C=N\NC(=O)C23C[C@H]4C[C@@H](C2)CC(c2ccc(C)cc2)(C4)C3)cc1. The first-order valence-electron chi connectivity index (χ1n) is 11.1. The molecule has 2 aromatic carbocycles. The van der Waals surface area contributed by atoms with Crippen molar-refractivity contribution in [2.45, 2.75) is 50.9 Å². The summed E-state index contributed by atoms with van der Waals surface area (Å²) >= 11 is 0. The van der Waals surface area contributed by atoms with Crippen LogP contribution in [0.15, 0.2) is 53.6 Å². The number of aryl methyl sites for hydroxylation is 1. The predicted molar refractivity (Wildman–Crippen MR) is 119 cm³/mol. The molecule has 4 fully saturated rings. The second-order valence-corrected chi connectivity index (χ2v) is 9.86. The van der Waals surface area contributed by atoms with Crippen molar-refractivity contribution in [2.75, 3.05) is 7.11 Å². The van der Waals surface area contributed by atoms with Gasteiger partial charge in [0.25, 0.3) is 0 Å². The zero-order chi connectivity index (χ0) is 20.8. The van der Waals surface area contributed by atoms with Gasteiger partial charge in [-0.3, -0.25) is 4.79 Å². The first kappa shape index (κ1) is 19.3. The predicted octanol–water partition coefficient (Wildman–Crippen LogP) is 4.99. The minimum atomic E-state index is -0.272. The molecule has 0 aliphatic heterocycles. The minimum Gasteiger partial charge on any atom is -0.497 e. The number of hydrogen-bond acceptors (Lipinski definition) is 3. The number of amides is 1. The lowest BCUT2D eigenvalue weighted by Gasteiger charge is -2.61. The number of hydrogen-bond donors (Lipinski definition) is 1. The summed E-state index contributed by atoms with van der Waals surface area (Å²) in [6.45, 7) is 2.14. The number of methoxy groups -OCH3 is 1. The maximum Gasteiger partial charge on any atom is 0.246 e. The Morgan fingerprint density at radius 1 is 1.03 bits per heavy atom. The zero-order valence-electron chi connectivity index (χ0n) is 17.9. The van der Waals surface area contributed by atoms with Gasteiger partial charge in [-0.1, -0.05) is 29.8 Å². The summed E-state index contributed by atoms with van der Waals surface area (Å²) in [6.07, 6.45) is 8.46. The Labute approximate surface area is 178 Å². The topological polar surface area (TPSA) is 50.7 Å². The third-order valence-corrected chi connectivity index (χ3v) is 7.70. The van der Waals surface area contributed by atoms with Gasteiger partial charge in [-0.25, -0.2) is 5.43 Å². The molecule has 2 aromatic rings. The molecule has 4 heteroatoms. The van der Waals surface area contributed by atoms with E-state index < -0.39 is 0 Å². The van der Waals surface area contributed by atoms with Crippen LogP contribution < -0.4 is 10.2 Å². The fourth-order valence-corrected chi connectivity index (χ4v) is 6.75. The molecular weight excluding hydrogens is 372 g/mol. The Balaban J connectivity index is 1.35. The number of rotatable bonds is 5. The van der Waals surface area contributed by atoms with Crippen LogP contribution in [-0.4, -0.2) is 19.2 Å². The van der Waals surface area contributed by atoms with Crippen molar-refractivity contribution >= 4 is 12.1 Å². The lowest BCUT2D eigenvalue weighted by Crippen LogP contribution is -2.58. The van der Waals surface area contributed by atoms with Crippen LogP contribution in [0, 0.1) is 24.2 Å². The van der Waals surface area contributed by atoms with Crippen molar-refractivity contribution in [3.05, 3.63) is 65.2 Å². The maximum atomic E-state index is 13.4. The largest absolute Gasteiger partial charge is 0.497 e. The summed E-state index contributed by atoms with van der Waals surface area (Å²) in [5.41, 5.74) is 6.45. The average molecular weight is 403 g/mol. The molecule has 4 saturated carbocycles. The number of nitrogens with one attached hydrogen (secondary N) is 1. The maximum absolute atomic E-state index is 13.4. The Morgan fingerprint density at radius 3 is 2.33 bits per heavy atom. The van der Waals surface area contributed by atoms with Crippen LogP contribution in [0.5, 0.6) is 5.75 Å². The first-order chi connectivity index (χ1) is 14.5. The van der Waals surface area contributed by atoms with E-state index in [1.807, 2.05) is 24.3 Å². The molecular formula is C26H30N2O2. The van der Waals surface area contributed by atoms with E-state index in [4.69, 9.17) is 4.74 Å². The molecule has 0 radical (unpaired) electrons. The third-order valence-electron chi connectivity index (χ3n) is 7.70. The van der Waals surface area contributed by atoms with Gasteiger partial charge in [-0.15, -0.1) is 0 Å². The van der Waals surface area contributed by atoms with Crippen LogP contribution in [0.4, 0.5) is 0 Å². The summed E-state index contributed by atoms with van der Waals surface area (Å²) in [5.74, 6) is 2.23. The number of carbonyl (C=O) groups excluding carboxylic acids is 1. The number of carbonyl (C=O) groups is 1. The van der Waals surface area contributed by atoms with Crippen LogP contribution in [0.3, 0.4) is 0 Å². The van der Waals surface area contributed by atoms with Crippen LogP contribution in [-0.2, 0) is 10.2 Å². The van der Waals surface area contributed by atoms with E-state index in [-0.39, 0.29) is 16.7 Å². The van der Waals surface area contributed by atoms with Crippen molar-refractivity contribution in [1.82, 2.24) is 5.43 Å². The molecule has 0 heterocycles. The Hall–Kier alpha value is -2.62. The van der Waals surface area contributed by atoms with Crippen LogP contribution in [0.25, 0.3) is 0 Å². The van der Waals surface area contributed by atoms with Gasteiger partial charge in [0.15, 0.2) is 0 Å². The molecule has 4 bridgehead atoms. The van der Waals surface area contributed by atoms with Crippen LogP contribution >= 0.6 is 0 Å². The molecule has 2 unspecified atom stereocenters. The van der Waals surface area contributed by atoms with Gasteiger partial charge >= 0.3 is 0 Å². The molecule has 6 rings (SSSR count). The molecule has 4 aliphatic carbocycles. The van der Waals surface area contributed by atoms with Gasteiger partial charge in [0.2, 0.25) is 5.91 Å². The average Bonchev–Trinajstić information content (AvgIpc) is 2.73. The standard InChI is InChI=1S/C26H30N2O2/c1-18-3-7-22(8-4-18)25-12-20-11-21(13-25)15-26(14-20,17-25)24(29)28-27-16-19-5-9-23(30-2)10-6-19/h3-10,16,20-21H,11-15,17H2,1-2H3,(H,28,29)/b27-16-/t20-,21+,25?,26?. The number of ether oxygens (including phenoxy) is 1. The highest BCUT2D eigenvalue weighted by molar-refractivity contribution is 5.86. The Kier molecular flexibility index (Phi) is 4.68. The highest BCUT2D eigenvalue weighted by atomic mass is 16.5. The summed E-state index contributed by atoms with van der Waals surface area (Å²) in [4.78, 5) is 13.4. The van der Waals surface area contributed by atoms with Gasteiger partial charge in [0, 0.05) is 0 Å². The highest BCUT2D eigenvalue weighted by Gasteiger charge is 2.60. The van der Waals surface area contributed by atoms with Gasteiger partial charge in [-0.2, -0.15) is 5.10 Å². The van der Waals surface area contributed by atoms with Crippen molar-refractivity contribution in [2.24, 2.45) is 22.4 Å². The summed E-state index contributed by atoms with van der Waals surface area (Å²) in [6, 6.07) is 16.7. The van der Waals surface area contributed by atoms with Crippen LogP contribution in [0.1, 0.15) is 55.2 Å². The molecule has 1 amide bonds. The molecule has 4 atom stereocenters. The first-order valence-corrected chi connectivity index (χ1v) is 11.1. The molecule has 4 aliphatic rings. The highest BCUT2D eigenvalue weighted by Crippen LogP contribution is 2.65. The van der Waals surface area contributed by atoms with Crippen molar-refractivity contribution in [1.29, 1.82) is 0 Å². The van der Waals surface area contributed by atoms with E-state index in [1.54, 1.807) is 13.3 Å². The quantitative estimate of drug-likeness (QED) is 0.566. The summed E-state index contributed by atoms with van der Waals surface area (Å²) in [7, 11) is 1.65. The fourth-order valence-electron chi connectivity index (χ4n) is 6.75. The van der Waals surface area contributed by atoms with E-state index in [1.165, 1.54) is 30.4 Å². The van der Waals surface area contributed by atoms with Crippen molar-refractivity contribution < 1.29 is 9.53 Å². The van der Waals surface area contributed by atoms with E-state index in [0.717, 1.165) is 30.6 Å². The van der Waals surface area contributed by atoms with Crippen LogP contribution in [0.2, 0.25) is 0 Å². The normalized spacial score (nSPS) is 31.8. The number of nitrogens with zero attached hydrogens (tertiary/aromatic N) is 1. The van der Waals surface area contributed by atoms with E-state index in [9.17, 15) is 4.79 Å². The molecule has 1 N–H and O–H groups in total. The minimum absolute atomic E-state index is 0.109. The molecule has 156 valence electrons. The van der Waals surface area contributed by atoms with E-state index in [0.29, 0.717) is 11.8 Å². The molecule has 4 nitrogen and oxygen atoms in total. The second-order valence-electron chi connectivity index (χ2n) is 9.86. The van der Waals surface area contributed by atoms with E-state index in [2.05, 4.69) is 41.7 Å². The lowest BCUT2D eigenvalue weighted by molar-refractivity contribution is -0.149. The Morgan fingerprint density at radius 2 is 1.70 bits per heavy atom. The Bertz CT molecular complexity index is 948. The third kappa shape index (κ3) is 3.32. The molecule has 0 aromatic heterocycles. The fraction of sp³-hybridized carbons (Fsp3) is 0.462. The monoisotopic (exact) mass is 402 g/mol. The van der Waals surface area contributed by atoms with Crippen molar-refractivity contribution in [3.63, 3.8) is 0 Å². The van der Waals surface area contributed by atoms with Crippen molar-refractivity contribution in [3.8, 4) is 5.75 Å². The zero-order valence-corrected chi connectivity index (χ0v) is 17.9. The van der Waals surface area contributed by atoms with Gasteiger partial charge < -0.3 is 4.74 Å². The van der Waals surface area contributed by atoms with Gasteiger partial charge in [0.1, 0.15) is 5.75 Å². The van der Waals surface area contributed by atoms with Gasteiger partial charge in [0.05, 0.1) is 18.7 Å². The van der Waals surface area contributed by atoms with E-state index >= 15 is 0 Å². The van der Waals surface area contributed by atoms with Gasteiger partial charge in [-0.05, 0) is 98.1 Å². The molecule has 30 heavy (non-hydrogen) atoms. The number of benzene rings is 2. The number of hydrazone groups is 1. The molecule has 0 spiro atoms. The molecule has 0 saturated heterocycles. The summed E-state index contributed by atoms with van der Waals surface area (Å²) < 4.78 is 5.19. The lowest BCUT2D eigenvalue weighted by atomic mass is 9.42.